The van der Waals surface area contributed by atoms with Crippen molar-refractivity contribution < 1.29 is 18.0 Å². The lowest BCUT2D eigenvalue weighted by Crippen LogP contribution is -2.48. The summed E-state index contributed by atoms with van der Waals surface area (Å²) in [5.41, 5.74) is 0.668. The number of alkyl halides is 3. The van der Waals surface area contributed by atoms with Crippen LogP contribution in [-0.4, -0.2) is 72.5 Å². The lowest BCUT2D eigenvalue weighted by molar-refractivity contribution is -0.141. The van der Waals surface area contributed by atoms with Gasteiger partial charge in [0.15, 0.2) is 0 Å². The van der Waals surface area contributed by atoms with Crippen LogP contribution < -0.4 is 10.2 Å². The van der Waals surface area contributed by atoms with Gasteiger partial charge in [-0.15, -0.1) is 0 Å². The van der Waals surface area contributed by atoms with Gasteiger partial charge in [0.1, 0.15) is 5.69 Å². The van der Waals surface area contributed by atoms with Gasteiger partial charge in [0.25, 0.3) is 0 Å². The largest absolute Gasteiger partial charge is 0.433 e. The Morgan fingerprint density at radius 3 is 2.35 bits per heavy atom. The lowest BCUT2D eigenvalue weighted by Gasteiger charge is -2.37. The number of nitrogens with zero attached hydrogens (tertiary/aromatic N) is 4. The number of hydrogen-bond donors (Lipinski definition) is 1. The molecule has 1 aromatic carbocycles. The quantitative estimate of drug-likeness (QED) is 0.645. The molecular formula is C24H29ClF3N5O. The van der Waals surface area contributed by atoms with Crippen LogP contribution in [0, 0.1) is 0 Å². The first kappa shape index (κ1) is 24.6. The standard InChI is InChI=1S/C24H29ClF3N5O/c25-18-1-3-21(4-2-18)32-15-13-31(14-16-32)10-8-23(34)33-11-6-19(7-12-33)30-20-5-9-29-22(17-20)24(26,27)28/h1-5,9,17,19H,6-8,10-16H2,(H,29,30). The Bertz CT molecular complexity index is 956. The van der Waals surface area contributed by atoms with Crippen LogP contribution in [0.4, 0.5) is 24.5 Å². The number of hydrogen-bond acceptors (Lipinski definition) is 5. The zero-order valence-electron chi connectivity index (χ0n) is 18.9. The van der Waals surface area contributed by atoms with Gasteiger partial charge in [-0.2, -0.15) is 13.2 Å². The molecule has 4 rings (SSSR count). The number of piperazine rings is 1. The van der Waals surface area contributed by atoms with Crippen LogP contribution in [0.15, 0.2) is 42.6 Å². The summed E-state index contributed by atoms with van der Waals surface area (Å²) in [7, 11) is 0. The van der Waals surface area contributed by atoms with Crippen LogP contribution in [0.2, 0.25) is 5.02 Å². The van der Waals surface area contributed by atoms with E-state index >= 15 is 0 Å². The number of rotatable bonds is 6. The number of benzene rings is 1. The number of halogens is 4. The van der Waals surface area contributed by atoms with E-state index < -0.39 is 11.9 Å². The average molecular weight is 496 g/mol. The van der Waals surface area contributed by atoms with Crippen molar-refractivity contribution in [3.05, 3.63) is 53.3 Å². The minimum atomic E-state index is -4.46. The van der Waals surface area contributed by atoms with Gasteiger partial charge >= 0.3 is 6.18 Å². The van der Waals surface area contributed by atoms with Gasteiger partial charge < -0.3 is 15.1 Å². The van der Waals surface area contributed by atoms with Crippen molar-refractivity contribution in [2.45, 2.75) is 31.5 Å². The molecule has 184 valence electrons. The predicted molar refractivity (Wildman–Crippen MR) is 127 cm³/mol. The molecule has 0 aliphatic carbocycles. The van der Waals surface area contributed by atoms with E-state index in [0.717, 1.165) is 49.5 Å². The van der Waals surface area contributed by atoms with Gasteiger partial charge in [-0.3, -0.25) is 14.7 Å². The van der Waals surface area contributed by atoms with Gasteiger partial charge in [0.2, 0.25) is 5.91 Å². The molecular weight excluding hydrogens is 467 g/mol. The molecule has 2 aliphatic rings. The number of likely N-dealkylation sites (tertiary alicyclic amines) is 1. The van der Waals surface area contributed by atoms with E-state index in [-0.39, 0.29) is 11.9 Å². The van der Waals surface area contributed by atoms with Crippen LogP contribution in [0.5, 0.6) is 0 Å². The van der Waals surface area contributed by atoms with E-state index in [1.54, 1.807) is 6.07 Å². The molecule has 0 atom stereocenters. The molecule has 2 saturated heterocycles. The van der Waals surface area contributed by atoms with Crippen LogP contribution in [0.3, 0.4) is 0 Å². The molecule has 1 aromatic heterocycles. The van der Waals surface area contributed by atoms with Gasteiger partial charge in [0.05, 0.1) is 0 Å². The van der Waals surface area contributed by atoms with Crippen molar-refractivity contribution in [3.8, 4) is 0 Å². The first-order chi connectivity index (χ1) is 16.3. The van der Waals surface area contributed by atoms with Crippen LogP contribution in [-0.2, 0) is 11.0 Å². The van der Waals surface area contributed by atoms with Gasteiger partial charge in [0, 0.05) is 80.9 Å². The number of pyridine rings is 1. The molecule has 2 aromatic rings. The Balaban J connectivity index is 1.16. The van der Waals surface area contributed by atoms with Crippen molar-refractivity contribution in [3.63, 3.8) is 0 Å². The summed E-state index contributed by atoms with van der Waals surface area (Å²) < 4.78 is 38.6. The zero-order chi connectivity index (χ0) is 24.1. The Labute approximate surface area is 202 Å². The fourth-order valence-electron chi connectivity index (χ4n) is 4.48. The van der Waals surface area contributed by atoms with E-state index in [1.807, 2.05) is 29.2 Å². The smallest absolute Gasteiger partial charge is 0.382 e. The molecule has 0 bridgehead atoms. The van der Waals surface area contributed by atoms with Crippen LogP contribution in [0.25, 0.3) is 0 Å². The van der Waals surface area contributed by atoms with Crippen molar-refractivity contribution in [2.24, 2.45) is 0 Å². The Kier molecular flexibility index (Phi) is 7.83. The molecule has 2 fully saturated rings. The van der Waals surface area contributed by atoms with E-state index in [0.29, 0.717) is 38.0 Å². The molecule has 1 N–H and O–H groups in total. The Hall–Kier alpha value is -2.52. The van der Waals surface area contributed by atoms with Gasteiger partial charge in [-0.05, 0) is 49.2 Å². The zero-order valence-corrected chi connectivity index (χ0v) is 19.7. The third-order valence-electron chi connectivity index (χ3n) is 6.47. The predicted octanol–water partition coefficient (Wildman–Crippen LogP) is 4.37. The second kappa shape index (κ2) is 10.8. The Morgan fingerprint density at radius 2 is 1.71 bits per heavy atom. The fourth-order valence-corrected chi connectivity index (χ4v) is 4.60. The van der Waals surface area contributed by atoms with Gasteiger partial charge in [-0.1, -0.05) is 11.6 Å². The van der Waals surface area contributed by atoms with Crippen molar-refractivity contribution >= 4 is 28.9 Å². The second-order valence-corrected chi connectivity index (χ2v) is 9.22. The number of carbonyl (C=O) groups excluding carboxylic acids is 1. The molecule has 0 unspecified atom stereocenters. The first-order valence-electron chi connectivity index (χ1n) is 11.6. The summed E-state index contributed by atoms with van der Waals surface area (Å²) in [6.45, 7) is 5.61. The van der Waals surface area contributed by atoms with E-state index in [2.05, 4.69) is 20.1 Å². The highest BCUT2D eigenvalue weighted by Crippen LogP contribution is 2.29. The maximum Gasteiger partial charge on any atom is 0.433 e. The highest BCUT2D eigenvalue weighted by Gasteiger charge is 2.33. The Morgan fingerprint density at radius 1 is 1.03 bits per heavy atom. The molecule has 0 radical (unpaired) electrons. The van der Waals surface area contributed by atoms with E-state index in [9.17, 15) is 18.0 Å². The maximum absolute atomic E-state index is 12.9. The van der Waals surface area contributed by atoms with Crippen molar-refractivity contribution in [2.75, 3.05) is 56.0 Å². The summed E-state index contributed by atoms with van der Waals surface area (Å²) >= 11 is 5.97. The number of aromatic nitrogens is 1. The maximum atomic E-state index is 12.9. The van der Waals surface area contributed by atoms with Crippen molar-refractivity contribution in [1.82, 2.24) is 14.8 Å². The summed E-state index contributed by atoms with van der Waals surface area (Å²) in [4.78, 5) is 22.6. The molecule has 3 heterocycles. The number of nitrogens with one attached hydrogen (secondary N) is 1. The summed E-state index contributed by atoms with van der Waals surface area (Å²) in [5, 5.41) is 3.89. The SMILES string of the molecule is O=C(CCN1CCN(c2ccc(Cl)cc2)CC1)N1CCC(Nc2ccnc(C(F)(F)F)c2)CC1. The van der Waals surface area contributed by atoms with Crippen LogP contribution in [0.1, 0.15) is 25.0 Å². The second-order valence-electron chi connectivity index (χ2n) is 8.78. The highest BCUT2D eigenvalue weighted by atomic mass is 35.5. The number of amides is 1. The highest BCUT2D eigenvalue weighted by molar-refractivity contribution is 6.30. The van der Waals surface area contributed by atoms with E-state index in [1.165, 1.54) is 6.20 Å². The molecule has 6 nitrogen and oxygen atoms in total. The molecule has 1 amide bonds. The summed E-state index contributed by atoms with van der Waals surface area (Å²) in [6.07, 6.45) is -1.41. The molecule has 10 heteroatoms. The summed E-state index contributed by atoms with van der Waals surface area (Å²) in [6, 6.07) is 10.5. The third-order valence-corrected chi connectivity index (χ3v) is 6.73. The van der Waals surface area contributed by atoms with Gasteiger partial charge in [-0.25, -0.2) is 0 Å². The number of piperidine rings is 1. The summed E-state index contributed by atoms with van der Waals surface area (Å²) in [5.74, 6) is 0.141. The van der Waals surface area contributed by atoms with Crippen molar-refractivity contribution in [1.29, 1.82) is 0 Å². The molecule has 34 heavy (non-hydrogen) atoms. The molecule has 0 saturated carbocycles. The lowest BCUT2D eigenvalue weighted by atomic mass is 10.0. The van der Waals surface area contributed by atoms with Crippen LogP contribution >= 0.6 is 11.6 Å². The third kappa shape index (κ3) is 6.54. The average Bonchev–Trinajstić information content (AvgIpc) is 2.83. The minimum absolute atomic E-state index is 0.0356. The number of carbonyl (C=O) groups is 1. The monoisotopic (exact) mass is 495 g/mol. The first-order valence-corrected chi connectivity index (χ1v) is 12.0. The fraction of sp³-hybridized carbons (Fsp3) is 0.500. The topological polar surface area (TPSA) is 51.7 Å². The normalized spacial score (nSPS) is 18.2. The minimum Gasteiger partial charge on any atom is -0.382 e. The molecule has 2 aliphatic heterocycles. The molecule has 0 spiro atoms. The van der Waals surface area contributed by atoms with E-state index in [4.69, 9.17) is 11.6 Å². The number of anilines is 2.